The van der Waals surface area contributed by atoms with Gasteiger partial charge in [-0.05, 0) is 18.6 Å². The first-order valence-corrected chi connectivity index (χ1v) is 7.58. The Bertz CT molecular complexity index is 717. The summed E-state index contributed by atoms with van der Waals surface area (Å²) in [6, 6.07) is 7.39. The average molecular weight is 333 g/mol. The number of pyridine rings is 1. The van der Waals surface area contributed by atoms with Crippen LogP contribution in [0.4, 0.5) is 14.6 Å². The number of halogens is 2. The monoisotopic (exact) mass is 333 g/mol. The molecule has 1 atom stereocenters. The number of carbonyl (C=O) groups is 1. The molecule has 0 aliphatic carbocycles. The Hall–Kier alpha value is -2.70. The van der Waals surface area contributed by atoms with Crippen LogP contribution in [-0.4, -0.2) is 37.1 Å². The maximum absolute atomic E-state index is 14.0. The number of amides is 1. The molecule has 7 heteroatoms. The van der Waals surface area contributed by atoms with Crippen molar-refractivity contribution in [1.29, 1.82) is 0 Å². The topological polar surface area (TPSA) is 54.5 Å². The summed E-state index contributed by atoms with van der Waals surface area (Å²) in [7, 11) is 1.30. The Morgan fingerprint density at radius 1 is 1.33 bits per heavy atom. The minimum absolute atomic E-state index is 0.0312. The summed E-state index contributed by atoms with van der Waals surface area (Å²) in [6.07, 6.45) is 2.38. The SMILES string of the molecule is COc1cc(F)c(C(=O)NC2CCN(c3ccccn3)C2)c(F)c1. The molecule has 0 saturated carbocycles. The number of carbonyl (C=O) groups excluding carboxylic acids is 1. The Balaban J connectivity index is 1.68. The predicted octanol–water partition coefficient (Wildman–Crippen LogP) is 2.38. The second-order valence-corrected chi connectivity index (χ2v) is 5.56. The van der Waals surface area contributed by atoms with Crippen molar-refractivity contribution in [2.45, 2.75) is 12.5 Å². The fraction of sp³-hybridized carbons (Fsp3) is 0.294. The summed E-state index contributed by atoms with van der Waals surface area (Å²) < 4.78 is 32.7. The van der Waals surface area contributed by atoms with Crippen molar-refractivity contribution in [1.82, 2.24) is 10.3 Å². The molecule has 1 amide bonds. The number of aromatic nitrogens is 1. The van der Waals surface area contributed by atoms with Gasteiger partial charge in [-0.3, -0.25) is 4.79 Å². The molecule has 3 rings (SSSR count). The predicted molar refractivity (Wildman–Crippen MR) is 85.2 cm³/mol. The standard InChI is InChI=1S/C17H17F2N3O2/c1-24-12-8-13(18)16(14(19)9-12)17(23)21-11-5-7-22(10-11)15-4-2-3-6-20-15/h2-4,6,8-9,11H,5,7,10H2,1H3,(H,21,23). The molecule has 1 N–H and O–H groups in total. The second-order valence-electron chi connectivity index (χ2n) is 5.56. The molecule has 0 bridgehead atoms. The summed E-state index contributed by atoms with van der Waals surface area (Å²) in [5.41, 5.74) is -0.591. The van der Waals surface area contributed by atoms with Crippen LogP contribution in [0.15, 0.2) is 36.5 Å². The number of anilines is 1. The van der Waals surface area contributed by atoms with Crippen LogP contribution in [0.1, 0.15) is 16.8 Å². The zero-order valence-corrected chi connectivity index (χ0v) is 13.1. The van der Waals surface area contributed by atoms with Gasteiger partial charge in [-0.1, -0.05) is 6.07 Å². The van der Waals surface area contributed by atoms with Crippen LogP contribution in [0.5, 0.6) is 5.75 Å². The lowest BCUT2D eigenvalue weighted by atomic mass is 10.1. The van der Waals surface area contributed by atoms with Gasteiger partial charge in [0.1, 0.15) is 28.8 Å². The van der Waals surface area contributed by atoms with E-state index in [4.69, 9.17) is 4.74 Å². The maximum Gasteiger partial charge on any atom is 0.257 e. The first kappa shape index (κ1) is 16.2. The van der Waals surface area contributed by atoms with Gasteiger partial charge >= 0.3 is 0 Å². The number of ether oxygens (including phenoxy) is 1. The van der Waals surface area contributed by atoms with Crippen LogP contribution in [0, 0.1) is 11.6 Å². The maximum atomic E-state index is 14.0. The van der Waals surface area contributed by atoms with Crippen LogP contribution in [0.25, 0.3) is 0 Å². The van der Waals surface area contributed by atoms with E-state index in [9.17, 15) is 13.6 Å². The summed E-state index contributed by atoms with van der Waals surface area (Å²) in [5.74, 6) is -1.80. The van der Waals surface area contributed by atoms with Gasteiger partial charge in [0.15, 0.2) is 0 Å². The number of benzene rings is 1. The van der Waals surface area contributed by atoms with Crippen molar-refractivity contribution in [3.05, 3.63) is 53.7 Å². The van der Waals surface area contributed by atoms with Gasteiger partial charge in [0.05, 0.1) is 7.11 Å². The Morgan fingerprint density at radius 2 is 2.08 bits per heavy atom. The molecular weight excluding hydrogens is 316 g/mol. The normalized spacial score (nSPS) is 17.0. The average Bonchev–Trinajstić information content (AvgIpc) is 3.03. The third-order valence-corrected chi connectivity index (χ3v) is 3.98. The quantitative estimate of drug-likeness (QED) is 0.933. The van der Waals surface area contributed by atoms with E-state index in [0.29, 0.717) is 13.0 Å². The summed E-state index contributed by atoms with van der Waals surface area (Å²) in [6.45, 7) is 1.26. The van der Waals surface area contributed by atoms with Gasteiger partial charge in [-0.25, -0.2) is 13.8 Å². The van der Waals surface area contributed by atoms with E-state index in [1.807, 2.05) is 23.1 Å². The molecule has 1 aliphatic rings. The van der Waals surface area contributed by atoms with E-state index in [-0.39, 0.29) is 11.8 Å². The van der Waals surface area contributed by atoms with Crippen LogP contribution in [0.2, 0.25) is 0 Å². The lowest BCUT2D eigenvalue weighted by molar-refractivity contribution is 0.0931. The summed E-state index contributed by atoms with van der Waals surface area (Å²) in [5, 5.41) is 2.68. The van der Waals surface area contributed by atoms with E-state index in [2.05, 4.69) is 10.3 Å². The van der Waals surface area contributed by atoms with Crippen LogP contribution in [0.3, 0.4) is 0 Å². The zero-order chi connectivity index (χ0) is 17.1. The first-order valence-electron chi connectivity index (χ1n) is 7.58. The molecule has 2 heterocycles. The Labute approximate surface area is 138 Å². The van der Waals surface area contributed by atoms with Crippen molar-refractivity contribution in [3.63, 3.8) is 0 Å². The van der Waals surface area contributed by atoms with Gasteiger partial charge in [0.2, 0.25) is 0 Å². The molecule has 0 radical (unpaired) electrons. The lowest BCUT2D eigenvalue weighted by Crippen LogP contribution is -2.38. The van der Waals surface area contributed by atoms with E-state index in [1.165, 1.54) is 7.11 Å². The van der Waals surface area contributed by atoms with E-state index in [1.54, 1.807) is 6.20 Å². The van der Waals surface area contributed by atoms with Gasteiger partial charge in [0.25, 0.3) is 5.91 Å². The second kappa shape index (κ2) is 6.82. The Kier molecular flexibility index (Phi) is 4.59. The molecule has 24 heavy (non-hydrogen) atoms. The number of nitrogens with zero attached hydrogens (tertiary/aromatic N) is 2. The fourth-order valence-electron chi connectivity index (χ4n) is 2.77. The molecule has 1 aromatic heterocycles. The molecule has 1 unspecified atom stereocenters. The molecule has 2 aromatic rings. The van der Waals surface area contributed by atoms with Crippen LogP contribution < -0.4 is 15.0 Å². The number of hydrogen-bond acceptors (Lipinski definition) is 4. The van der Waals surface area contributed by atoms with Crippen molar-refractivity contribution in [2.24, 2.45) is 0 Å². The molecular formula is C17H17F2N3O2. The van der Waals surface area contributed by atoms with E-state index >= 15 is 0 Å². The molecule has 1 aromatic carbocycles. The van der Waals surface area contributed by atoms with E-state index in [0.717, 1.165) is 24.5 Å². The molecule has 1 saturated heterocycles. The fourth-order valence-corrected chi connectivity index (χ4v) is 2.77. The van der Waals surface area contributed by atoms with Crippen molar-refractivity contribution in [3.8, 4) is 5.75 Å². The zero-order valence-electron chi connectivity index (χ0n) is 13.1. The highest BCUT2D eigenvalue weighted by Crippen LogP contribution is 2.22. The highest BCUT2D eigenvalue weighted by molar-refractivity contribution is 5.95. The minimum Gasteiger partial charge on any atom is -0.497 e. The third kappa shape index (κ3) is 3.29. The van der Waals surface area contributed by atoms with Gasteiger partial charge < -0.3 is 15.0 Å². The molecule has 5 nitrogen and oxygen atoms in total. The summed E-state index contributed by atoms with van der Waals surface area (Å²) in [4.78, 5) is 18.5. The van der Waals surface area contributed by atoms with Crippen LogP contribution in [-0.2, 0) is 0 Å². The van der Waals surface area contributed by atoms with Gasteiger partial charge in [0, 0.05) is 37.5 Å². The molecule has 0 spiro atoms. The van der Waals surface area contributed by atoms with Crippen molar-refractivity contribution < 1.29 is 18.3 Å². The number of hydrogen-bond donors (Lipinski definition) is 1. The molecule has 1 fully saturated rings. The number of methoxy groups -OCH3 is 1. The van der Waals surface area contributed by atoms with E-state index < -0.39 is 23.1 Å². The lowest BCUT2D eigenvalue weighted by Gasteiger charge is -2.18. The summed E-state index contributed by atoms with van der Waals surface area (Å²) >= 11 is 0. The van der Waals surface area contributed by atoms with Gasteiger partial charge in [-0.2, -0.15) is 0 Å². The van der Waals surface area contributed by atoms with Crippen molar-refractivity contribution >= 4 is 11.7 Å². The smallest absolute Gasteiger partial charge is 0.257 e. The minimum atomic E-state index is -0.941. The first-order chi connectivity index (χ1) is 11.6. The number of nitrogens with one attached hydrogen (secondary N) is 1. The molecule has 1 aliphatic heterocycles. The third-order valence-electron chi connectivity index (χ3n) is 3.98. The molecule has 126 valence electrons. The van der Waals surface area contributed by atoms with Crippen LogP contribution >= 0.6 is 0 Å². The highest BCUT2D eigenvalue weighted by Gasteiger charge is 2.27. The highest BCUT2D eigenvalue weighted by atomic mass is 19.1. The Morgan fingerprint density at radius 3 is 2.71 bits per heavy atom. The number of rotatable bonds is 4. The van der Waals surface area contributed by atoms with Gasteiger partial charge in [-0.15, -0.1) is 0 Å². The van der Waals surface area contributed by atoms with Crippen molar-refractivity contribution in [2.75, 3.05) is 25.1 Å². The largest absolute Gasteiger partial charge is 0.497 e.